The third-order valence-corrected chi connectivity index (χ3v) is 4.59. The second kappa shape index (κ2) is 8.04. The fourth-order valence-corrected chi connectivity index (χ4v) is 3.13. The number of rotatable bonds is 6. The number of esters is 1. The van der Waals surface area contributed by atoms with Gasteiger partial charge in [-0.05, 0) is 55.0 Å². The van der Waals surface area contributed by atoms with Gasteiger partial charge >= 0.3 is 5.97 Å². The van der Waals surface area contributed by atoms with Crippen LogP contribution in [0.4, 0.5) is 0 Å². The lowest BCUT2D eigenvalue weighted by molar-refractivity contribution is 0.0474. The number of benzene rings is 2. The molecule has 1 aliphatic rings. The first-order valence-corrected chi connectivity index (χ1v) is 8.66. The van der Waals surface area contributed by atoms with Crippen LogP contribution in [0.5, 0.6) is 11.5 Å². The van der Waals surface area contributed by atoms with Gasteiger partial charge in [-0.2, -0.15) is 0 Å². The van der Waals surface area contributed by atoms with Gasteiger partial charge in [-0.25, -0.2) is 4.79 Å². The Morgan fingerprint density at radius 2 is 1.50 bits per heavy atom. The summed E-state index contributed by atoms with van der Waals surface area (Å²) in [6.45, 7) is -0.294. The van der Waals surface area contributed by atoms with Crippen molar-refractivity contribution in [3.05, 3.63) is 58.7 Å². The second-order valence-corrected chi connectivity index (χ2v) is 6.29. The van der Waals surface area contributed by atoms with Crippen LogP contribution in [0.2, 0.25) is 0 Å². The monoisotopic (exact) mass is 354 g/mol. The molecule has 0 amide bonds. The first-order chi connectivity index (χ1) is 12.6. The number of methoxy groups -OCH3 is 2. The van der Waals surface area contributed by atoms with Crippen molar-refractivity contribution >= 4 is 11.8 Å². The highest BCUT2D eigenvalue weighted by atomic mass is 16.5. The van der Waals surface area contributed by atoms with Gasteiger partial charge in [0.05, 0.1) is 19.8 Å². The minimum absolute atomic E-state index is 0.207. The molecule has 0 heterocycles. The van der Waals surface area contributed by atoms with Gasteiger partial charge in [0, 0.05) is 11.6 Å². The Morgan fingerprint density at radius 1 is 0.846 bits per heavy atom. The van der Waals surface area contributed by atoms with E-state index in [2.05, 4.69) is 0 Å². The van der Waals surface area contributed by atoms with Crippen LogP contribution in [-0.4, -0.2) is 32.6 Å². The van der Waals surface area contributed by atoms with Gasteiger partial charge in [0.25, 0.3) is 0 Å². The molecule has 2 aromatic carbocycles. The van der Waals surface area contributed by atoms with Crippen LogP contribution in [0, 0.1) is 0 Å². The van der Waals surface area contributed by atoms with Crippen molar-refractivity contribution in [2.45, 2.75) is 25.7 Å². The molecule has 0 unspecified atom stereocenters. The molecule has 26 heavy (non-hydrogen) atoms. The fourth-order valence-electron chi connectivity index (χ4n) is 3.13. The Balaban J connectivity index is 1.67. The number of ether oxygens (including phenoxy) is 3. The van der Waals surface area contributed by atoms with Gasteiger partial charge in [-0.3, -0.25) is 4.79 Å². The molecular formula is C21H22O5. The topological polar surface area (TPSA) is 61.8 Å². The molecule has 0 saturated heterocycles. The van der Waals surface area contributed by atoms with E-state index in [4.69, 9.17) is 14.2 Å². The molecule has 3 rings (SSSR count). The number of Topliss-reactive ketones (excluding diaryl/α,β-unsaturated/α-hetero) is 1. The summed E-state index contributed by atoms with van der Waals surface area (Å²) in [7, 11) is 3.01. The molecule has 5 nitrogen and oxygen atoms in total. The number of hydrogen-bond acceptors (Lipinski definition) is 5. The zero-order valence-corrected chi connectivity index (χ0v) is 15.0. The van der Waals surface area contributed by atoms with Gasteiger partial charge in [0.2, 0.25) is 0 Å². The van der Waals surface area contributed by atoms with Crippen LogP contribution >= 0.6 is 0 Å². The van der Waals surface area contributed by atoms with Crippen molar-refractivity contribution in [3.63, 3.8) is 0 Å². The molecule has 0 saturated carbocycles. The summed E-state index contributed by atoms with van der Waals surface area (Å²) in [6, 6.07) is 10.5. The smallest absolute Gasteiger partial charge is 0.338 e. The Bertz CT molecular complexity index is 803. The second-order valence-electron chi connectivity index (χ2n) is 6.29. The number of ketones is 1. The summed E-state index contributed by atoms with van der Waals surface area (Å²) in [4.78, 5) is 24.6. The van der Waals surface area contributed by atoms with Crippen LogP contribution in [-0.2, 0) is 17.6 Å². The van der Waals surface area contributed by atoms with E-state index in [1.165, 1.54) is 31.8 Å². The largest absolute Gasteiger partial charge is 0.497 e. The number of carbonyl (C=O) groups excluding carboxylic acids is 2. The highest BCUT2D eigenvalue weighted by Crippen LogP contribution is 2.24. The predicted molar refractivity (Wildman–Crippen MR) is 97.2 cm³/mol. The summed E-state index contributed by atoms with van der Waals surface area (Å²) in [5, 5.41) is 0. The summed E-state index contributed by atoms with van der Waals surface area (Å²) in [6.07, 6.45) is 4.41. The van der Waals surface area contributed by atoms with E-state index in [1.807, 2.05) is 18.2 Å². The first kappa shape index (κ1) is 18.0. The van der Waals surface area contributed by atoms with E-state index in [-0.39, 0.29) is 18.0 Å². The Hall–Kier alpha value is -2.82. The lowest BCUT2D eigenvalue weighted by Gasteiger charge is -2.16. The molecule has 2 aromatic rings. The number of fused-ring (bicyclic) bond motifs is 1. The van der Waals surface area contributed by atoms with Crippen molar-refractivity contribution in [2.75, 3.05) is 20.8 Å². The maximum Gasteiger partial charge on any atom is 0.338 e. The van der Waals surface area contributed by atoms with Crippen molar-refractivity contribution in [1.29, 1.82) is 0 Å². The molecule has 0 spiro atoms. The van der Waals surface area contributed by atoms with Crippen molar-refractivity contribution in [3.8, 4) is 11.5 Å². The normalized spacial score (nSPS) is 12.8. The van der Waals surface area contributed by atoms with E-state index in [0.717, 1.165) is 19.3 Å². The maximum absolute atomic E-state index is 12.4. The Morgan fingerprint density at radius 3 is 2.15 bits per heavy atom. The number of carbonyl (C=O) groups is 2. The third-order valence-electron chi connectivity index (χ3n) is 4.59. The van der Waals surface area contributed by atoms with Crippen LogP contribution in [0.15, 0.2) is 36.4 Å². The lowest BCUT2D eigenvalue weighted by Crippen LogP contribution is -2.15. The zero-order chi connectivity index (χ0) is 18.5. The summed E-state index contributed by atoms with van der Waals surface area (Å²) in [5.41, 5.74) is 3.40. The zero-order valence-electron chi connectivity index (χ0n) is 15.0. The minimum Gasteiger partial charge on any atom is -0.497 e. The van der Waals surface area contributed by atoms with Gasteiger partial charge < -0.3 is 14.2 Å². The van der Waals surface area contributed by atoms with E-state index in [0.29, 0.717) is 17.1 Å². The Kier molecular flexibility index (Phi) is 5.56. The van der Waals surface area contributed by atoms with Crippen LogP contribution < -0.4 is 9.47 Å². The third kappa shape index (κ3) is 4.04. The molecule has 0 aliphatic heterocycles. The molecule has 0 fully saturated rings. The Labute approximate surface area is 152 Å². The van der Waals surface area contributed by atoms with E-state index >= 15 is 0 Å². The van der Waals surface area contributed by atoms with Gasteiger partial charge in [0.1, 0.15) is 11.5 Å². The molecule has 0 aromatic heterocycles. The fraction of sp³-hybridized carbons (Fsp3) is 0.333. The van der Waals surface area contributed by atoms with Crippen LogP contribution in [0.1, 0.15) is 44.7 Å². The van der Waals surface area contributed by atoms with Gasteiger partial charge in [-0.15, -0.1) is 0 Å². The SMILES string of the molecule is COc1cc(OC)cc(C(=O)OCC(=O)c2ccc3c(c2)CCCC3)c1. The molecule has 0 bridgehead atoms. The maximum atomic E-state index is 12.4. The van der Waals surface area contributed by atoms with E-state index in [1.54, 1.807) is 18.2 Å². The summed E-state index contributed by atoms with van der Waals surface area (Å²) >= 11 is 0. The summed E-state index contributed by atoms with van der Waals surface area (Å²) < 4.78 is 15.5. The van der Waals surface area contributed by atoms with E-state index in [9.17, 15) is 9.59 Å². The van der Waals surface area contributed by atoms with Crippen molar-refractivity contribution in [1.82, 2.24) is 0 Å². The van der Waals surface area contributed by atoms with Gasteiger partial charge in [0.15, 0.2) is 12.4 Å². The first-order valence-electron chi connectivity index (χ1n) is 8.66. The number of aryl methyl sites for hydroxylation is 2. The average Bonchev–Trinajstić information content (AvgIpc) is 2.70. The predicted octanol–water partition coefficient (Wildman–Crippen LogP) is 3.62. The average molecular weight is 354 g/mol. The summed E-state index contributed by atoms with van der Waals surface area (Å²) in [5.74, 6) is 0.171. The minimum atomic E-state index is -0.589. The van der Waals surface area contributed by atoms with Crippen LogP contribution in [0.25, 0.3) is 0 Å². The number of hydrogen-bond donors (Lipinski definition) is 0. The highest BCUT2D eigenvalue weighted by Gasteiger charge is 2.16. The van der Waals surface area contributed by atoms with Crippen LogP contribution in [0.3, 0.4) is 0 Å². The van der Waals surface area contributed by atoms with Crippen molar-refractivity contribution < 1.29 is 23.8 Å². The molecule has 0 atom stereocenters. The molecule has 0 N–H and O–H groups in total. The molecule has 1 aliphatic carbocycles. The standard InChI is InChI=1S/C21H22O5/c1-24-18-10-17(11-19(12-18)25-2)21(23)26-13-20(22)16-8-7-14-5-3-4-6-15(14)9-16/h7-12H,3-6,13H2,1-2H3. The molecule has 0 radical (unpaired) electrons. The van der Waals surface area contributed by atoms with Crippen molar-refractivity contribution in [2.24, 2.45) is 0 Å². The lowest BCUT2D eigenvalue weighted by atomic mass is 9.90. The molecular weight excluding hydrogens is 332 g/mol. The van der Waals surface area contributed by atoms with Gasteiger partial charge in [-0.1, -0.05) is 12.1 Å². The van der Waals surface area contributed by atoms with E-state index < -0.39 is 5.97 Å². The molecule has 136 valence electrons. The quantitative estimate of drug-likeness (QED) is 0.586. The highest BCUT2D eigenvalue weighted by molar-refractivity contribution is 5.99. The molecule has 5 heteroatoms.